The van der Waals surface area contributed by atoms with Crippen LogP contribution in [0.15, 0.2) is 35.3 Å². The maximum Gasteiger partial charge on any atom is 0.339 e. The topological polar surface area (TPSA) is 46.5 Å². The zero-order valence-electron chi connectivity index (χ0n) is 7.37. The molecule has 0 aliphatic carbocycles. The van der Waals surface area contributed by atoms with E-state index in [1.165, 1.54) is 6.07 Å². The third-order valence-electron chi connectivity index (χ3n) is 1.53. The van der Waals surface area contributed by atoms with Gasteiger partial charge < -0.3 is 9.84 Å². The van der Waals surface area contributed by atoms with Crippen LogP contribution in [0.1, 0.15) is 10.4 Å². The van der Waals surface area contributed by atoms with Crippen LogP contribution in [0.2, 0.25) is 0 Å². The van der Waals surface area contributed by atoms with Gasteiger partial charge in [0, 0.05) is 4.47 Å². The minimum absolute atomic E-state index is 0.148. The van der Waals surface area contributed by atoms with E-state index < -0.39 is 5.97 Å². The molecule has 0 heterocycles. The second-order valence-electron chi connectivity index (χ2n) is 2.55. The molecule has 0 aliphatic rings. The summed E-state index contributed by atoms with van der Waals surface area (Å²) in [5.74, 6) is -0.664. The number of hydrogen-bond donors (Lipinski definition) is 1. The van der Waals surface area contributed by atoms with Crippen molar-refractivity contribution in [3.8, 4) is 5.75 Å². The largest absolute Gasteiger partial charge is 0.489 e. The maximum absolute atomic E-state index is 10.8. The number of carbonyl (C=O) groups is 1. The van der Waals surface area contributed by atoms with Crippen LogP contribution in [0.25, 0.3) is 0 Å². The Kier molecular flexibility index (Phi) is 3.71. The number of hydrogen-bond acceptors (Lipinski definition) is 2. The molecule has 0 spiro atoms. The number of rotatable bonds is 4. The minimum atomic E-state index is -1.00. The van der Waals surface area contributed by atoms with Crippen molar-refractivity contribution in [1.82, 2.24) is 0 Å². The lowest BCUT2D eigenvalue weighted by Crippen LogP contribution is -2.02. The maximum atomic E-state index is 10.8. The smallest absolute Gasteiger partial charge is 0.339 e. The molecule has 0 bridgehead atoms. The molecule has 1 N–H and O–H groups in total. The Morgan fingerprint density at radius 2 is 2.36 bits per heavy atom. The van der Waals surface area contributed by atoms with Gasteiger partial charge in [-0.3, -0.25) is 0 Å². The summed E-state index contributed by atoms with van der Waals surface area (Å²) < 4.78 is 5.98. The first-order valence-corrected chi connectivity index (χ1v) is 4.71. The molecule has 0 atom stereocenters. The van der Waals surface area contributed by atoms with Gasteiger partial charge in [0.15, 0.2) is 0 Å². The van der Waals surface area contributed by atoms with Crippen molar-refractivity contribution in [1.29, 1.82) is 0 Å². The summed E-state index contributed by atoms with van der Waals surface area (Å²) in [6, 6.07) is 4.77. The fourth-order valence-electron chi connectivity index (χ4n) is 0.941. The van der Waals surface area contributed by atoms with Gasteiger partial charge in [-0.05, 0) is 18.2 Å². The first-order valence-electron chi connectivity index (χ1n) is 3.91. The van der Waals surface area contributed by atoms with E-state index in [2.05, 4.69) is 22.5 Å². The average Bonchev–Trinajstić information content (AvgIpc) is 2.14. The van der Waals surface area contributed by atoms with Gasteiger partial charge in [0.2, 0.25) is 0 Å². The predicted octanol–water partition coefficient (Wildman–Crippen LogP) is 2.71. The molecule has 0 unspecified atom stereocenters. The normalized spacial score (nSPS) is 9.50. The number of aromatic carboxylic acids is 1. The van der Waals surface area contributed by atoms with Crippen LogP contribution in [0.4, 0.5) is 0 Å². The third-order valence-corrected chi connectivity index (χ3v) is 2.02. The van der Waals surface area contributed by atoms with E-state index in [4.69, 9.17) is 9.84 Å². The summed E-state index contributed by atoms with van der Waals surface area (Å²) in [7, 11) is 0. The second kappa shape index (κ2) is 4.81. The predicted molar refractivity (Wildman–Crippen MR) is 56.8 cm³/mol. The fraction of sp³-hybridized carbons (Fsp3) is 0.100. The number of carboxylic acids is 1. The van der Waals surface area contributed by atoms with Crippen molar-refractivity contribution in [2.24, 2.45) is 0 Å². The molecular weight excluding hydrogens is 248 g/mol. The highest BCUT2D eigenvalue weighted by Gasteiger charge is 2.10. The minimum Gasteiger partial charge on any atom is -0.489 e. The number of ether oxygens (including phenoxy) is 1. The molecule has 0 saturated heterocycles. The second-order valence-corrected chi connectivity index (χ2v) is 3.46. The number of halogens is 1. The Labute approximate surface area is 90.1 Å². The van der Waals surface area contributed by atoms with E-state index in [0.717, 1.165) is 4.47 Å². The standard InChI is InChI=1S/C10H9BrO3/c1-2-5-14-9-6-7(11)3-4-8(9)10(12)13/h2-4,6H,1,5H2,(H,12,13). The van der Waals surface area contributed by atoms with E-state index in [1.54, 1.807) is 18.2 Å². The van der Waals surface area contributed by atoms with Crippen molar-refractivity contribution in [3.05, 3.63) is 40.9 Å². The number of carboxylic acid groups (broad SMARTS) is 1. The molecule has 4 heteroatoms. The highest BCUT2D eigenvalue weighted by atomic mass is 79.9. The Balaban J connectivity index is 3.02. The van der Waals surface area contributed by atoms with E-state index in [9.17, 15) is 4.79 Å². The molecule has 1 aromatic rings. The van der Waals surface area contributed by atoms with E-state index >= 15 is 0 Å². The molecule has 0 saturated carbocycles. The van der Waals surface area contributed by atoms with Gasteiger partial charge in [0.1, 0.15) is 17.9 Å². The van der Waals surface area contributed by atoms with Crippen molar-refractivity contribution >= 4 is 21.9 Å². The highest BCUT2D eigenvalue weighted by molar-refractivity contribution is 9.10. The Bertz CT molecular complexity index is 360. The van der Waals surface area contributed by atoms with E-state index in [-0.39, 0.29) is 12.2 Å². The highest BCUT2D eigenvalue weighted by Crippen LogP contribution is 2.23. The van der Waals surface area contributed by atoms with Gasteiger partial charge in [0.25, 0.3) is 0 Å². The lowest BCUT2D eigenvalue weighted by Gasteiger charge is -2.07. The van der Waals surface area contributed by atoms with Crippen molar-refractivity contribution in [2.75, 3.05) is 6.61 Å². The third kappa shape index (κ3) is 2.60. The van der Waals surface area contributed by atoms with Crippen LogP contribution < -0.4 is 4.74 Å². The lowest BCUT2D eigenvalue weighted by atomic mass is 10.2. The monoisotopic (exact) mass is 256 g/mol. The molecule has 0 amide bonds. The fourth-order valence-corrected chi connectivity index (χ4v) is 1.28. The molecular formula is C10H9BrO3. The Morgan fingerprint density at radius 3 is 2.93 bits per heavy atom. The molecule has 1 aromatic carbocycles. The summed E-state index contributed by atoms with van der Waals surface area (Å²) in [5.41, 5.74) is 0.148. The van der Waals surface area contributed by atoms with Crippen LogP contribution in [0.3, 0.4) is 0 Å². The van der Waals surface area contributed by atoms with Crippen LogP contribution in [0, 0.1) is 0 Å². The van der Waals surface area contributed by atoms with Crippen molar-refractivity contribution < 1.29 is 14.6 Å². The average molecular weight is 257 g/mol. The van der Waals surface area contributed by atoms with Crippen molar-refractivity contribution in [2.45, 2.75) is 0 Å². The van der Waals surface area contributed by atoms with Gasteiger partial charge in [-0.2, -0.15) is 0 Å². The lowest BCUT2D eigenvalue weighted by molar-refractivity contribution is 0.0693. The summed E-state index contributed by atoms with van der Waals surface area (Å²) in [6.45, 7) is 3.78. The summed E-state index contributed by atoms with van der Waals surface area (Å²) in [6.07, 6.45) is 1.56. The molecule has 0 aliphatic heterocycles. The Hall–Kier alpha value is -1.29. The molecule has 14 heavy (non-hydrogen) atoms. The molecule has 0 aromatic heterocycles. The van der Waals surface area contributed by atoms with Crippen molar-refractivity contribution in [3.63, 3.8) is 0 Å². The summed E-state index contributed by atoms with van der Waals surface area (Å²) >= 11 is 3.24. The molecule has 1 rings (SSSR count). The molecule has 3 nitrogen and oxygen atoms in total. The van der Waals surface area contributed by atoms with Crippen LogP contribution in [-0.4, -0.2) is 17.7 Å². The van der Waals surface area contributed by atoms with Crippen LogP contribution >= 0.6 is 15.9 Å². The zero-order chi connectivity index (χ0) is 10.6. The van der Waals surface area contributed by atoms with Crippen LogP contribution in [-0.2, 0) is 0 Å². The first-order chi connectivity index (χ1) is 6.65. The van der Waals surface area contributed by atoms with E-state index in [0.29, 0.717) is 5.75 Å². The summed E-state index contributed by atoms with van der Waals surface area (Å²) in [4.78, 5) is 10.8. The van der Waals surface area contributed by atoms with E-state index in [1.807, 2.05) is 0 Å². The molecule has 0 radical (unpaired) electrons. The first kappa shape index (κ1) is 10.8. The Morgan fingerprint density at radius 1 is 1.64 bits per heavy atom. The summed E-state index contributed by atoms with van der Waals surface area (Å²) in [5, 5.41) is 8.83. The quantitative estimate of drug-likeness (QED) is 0.843. The molecule has 0 fully saturated rings. The van der Waals surface area contributed by atoms with Gasteiger partial charge >= 0.3 is 5.97 Å². The van der Waals surface area contributed by atoms with Crippen LogP contribution in [0.5, 0.6) is 5.75 Å². The molecule has 74 valence electrons. The van der Waals surface area contributed by atoms with Gasteiger partial charge in [-0.1, -0.05) is 28.6 Å². The van der Waals surface area contributed by atoms with Gasteiger partial charge in [0.05, 0.1) is 0 Å². The van der Waals surface area contributed by atoms with Gasteiger partial charge in [-0.25, -0.2) is 4.79 Å². The van der Waals surface area contributed by atoms with Gasteiger partial charge in [-0.15, -0.1) is 0 Å². The number of benzene rings is 1. The zero-order valence-corrected chi connectivity index (χ0v) is 8.95. The SMILES string of the molecule is C=CCOc1cc(Br)ccc1C(=O)O.